The monoisotopic (exact) mass is 265 g/mol. The predicted molar refractivity (Wildman–Crippen MR) is 64.6 cm³/mol. The predicted octanol–water partition coefficient (Wildman–Crippen LogP) is 1.31. The molecular formula is C12H22F3N3. The first-order valence-electron chi connectivity index (χ1n) is 6.78. The highest BCUT2D eigenvalue weighted by atomic mass is 19.4. The fourth-order valence-corrected chi connectivity index (χ4v) is 2.32. The van der Waals surface area contributed by atoms with Gasteiger partial charge in [-0.05, 0) is 32.4 Å². The average molecular weight is 265 g/mol. The Morgan fingerprint density at radius 1 is 1.00 bits per heavy atom. The summed E-state index contributed by atoms with van der Waals surface area (Å²) in [6, 6.07) is 0.744. The number of alkyl halides is 3. The van der Waals surface area contributed by atoms with E-state index in [2.05, 4.69) is 10.2 Å². The standard InChI is InChI=1S/C12H22F3N3/c13-12(14,15)10-18-8-6-17(7-9-18)5-1-4-16-11-2-3-11/h11,16H,1-10H2. The molecular weight excluding hydrogens is 243 g/mol. The van der Waals surface area contributed by atoms with Gasteiger partial charge in [-0.15, -0.1) is 0 Å². The smallest absolute Gasteiger partial charge is 0.314 e. The van der Waals surface area contributed by atoms with Gasteiger partial charge in [-0.1, -0.05) is 0 Å². The van der Waals surface area contributed by atoms with Crippen molar-refractivity contribution in [2.24, 2.45) is 0 Å². The van der Waals surface area contributed by atoms with Crippen LogP contribution in [-0.4, -0.2) is 67.8 Å². The van der Waals surface area contributed by atoms with Crippen molar-refractivity contribution in [1.29, 1.82) is 0 Å². The van der Waals surface area contributed by atoms with Crippen molar-refractivity contribution in [2.75, 3.05) is 45.8 Å². The number of piperazine rings is 1. The molecule has 0 aromatic carbocycles. The summed E-state index contributed by atoms with van der Waals surface area (Å²) in [6.45, 7) is 3.88. The zero-order valence-electron chi connectivity index (χ0n) is 10.7. The molecule has 2 fully saturated rings. The van der Waals surface area contributed by atoms with Crippen LogP contribution in [0, 0.1) is 0 Å². The summed E-state index contributed by atoms with van der Waals surface area (Å²) in [7, 11) is 0. The van der Waals surface area contributed by atoms with Crippen LogP contribution in [0.25, 0.3) is 0 Å². The first kappa shape index (κ1) is 14.1. The van der Waals surface area contributed by atoms with E-state index >= 15 is 0 Å². The highest BCUT2D eigenvalue weighted by Crippen LogP contribution is 2.19. The summed E-state index contributed by atoms with van der Waals surface area (Å²) in [4.78, 5) is 3.76. The van der Waals surface area contributed by atoms with Crippen LogP contribution >= 0.6 is 0 Å². The van der Waals surface area contributed by atoms with Crippen LogP contribution in [-0.2, 0) is 0 Å². The summed E-state index contributed by atoms with van der Waals surface area (Å²) in [5.41, 5.74) is 0. The van der Waals surface area contributed by atoms with Gasteiger partial charge in [0.25, 0.3) is 0 Å². The molecule has 1 N–H and O–H groups in total. The summed E-state index contributed by atoms with van der Waals surface area (Å²) in [5, 5.41) is 3.45. The Morgan fingerprint density at radius 2 is 1.61 bits per heavy atom. The number of hydrogen-bond donors (Lipinski definition) is 1. The Morgan fingerprint density at radius 3 is 2.17 bits per heavy atom. The molecule has 0 unspecified atom stereocenters. The average Bonchev–Trinajstić information content (AvgIpc) is 3.08. The Balaban J connectivity index is 1.52. The molecule has 2 aliphatic rings. The second-order valence-electron chi connectivity index (χ2n) is 5.31. The largest absolute Gasteiger partial charge is 0.401 e. The normalized spacial score (nSPS) is 23.5. The van der Waals surface area contributed by atoms with E-state index in [4.69, 9.17) is 0 Å². The molecule has 0 aromatic rings. The van der Waals surface area contributed by atoms with Gasteiger partial charge in [-0.25, -0.2) is 0 Å². The number of halogens is 3. The van der Waals surface area contributed by atoms with E-state index in [0.29, 0.717) is 13.1 Å². The maximum atomic E-state index is 12.2. The number of hydrogen-bond acceptors (Lipinski definition) is 3. The lowest BCUT2D eigenvalue weighted by molar-refractivity contribution is -0.149. The van der Waals surface area contributed by atoms with Gasteiger partial charge in [0.15, 0.2) is 0 Å². The number of nitrogens with one attached hydrogen (secondary N) is 1. The highest BCUT2D eigenvalue weighted by Gasteiger charge is 2.31. The van der Waals surface area contributed by atoms with Crippen molar-refractivity contribution >= 4 is 0 Å². The van der Waals surface area contributed by atoms with Gasteiger partial charge in [0.1, 0.15) is 0 Å². The van der Waals surface area contributed by atoms with Crippen molar-refractivity contribution in [2.45, 2.75) is 31.5 Å². The molecule has 0 atom stereocenters. The molecule has 1 saturated carbocycles. The number of nitrogens with zero attached hydrogens (tertiary/aromatic N) is 2. The van der Waals surface area contributed by atoms with Crippen molar-refractivity contribution in [3.05, 3.63) is 0 Å². The summed E-state index contributed by atoms with van der Waals surface area (Å²) >= 11 is 0. The lowest BCUT2D eigenvalue weighted by atomic mass is 10.3. The van der Waals surface area contributed by atoms with E-state index < -0.39 is 12.7 Å². The molecule has 1 aliphatic carbocycles. The van der Waals surface area contributed by atoms with Crippen LogP contribution < -0.4 is 5.32 Å². The van der Waals surface area contributed by atoms with Crippen LogP contribution in [0.15, 0.2) is 0 Å². The second-order valence-corrected chi connectivity index (χ2v) is 5.31. The second kappa shape index (κ2) is 6.21. The Kier molecular flexibility index (Phi) is 4.86. The summed E-state index contributed by atoms with van der Waals surface area (Å²) < 4.78 is 36.6. The molecule has 0 aromatic heterocycles. The molecule has 3 nitrogen and oxygen atoms in total. The van der Waals surface area contributed by atoms with Crippen molar-refractivity contribution in [3.63, 3.8) is 0 Å². The van der Waals surface area contributed by atoms with Crippen LogP contribution in [0.4, 0.5) is 13.2 Å². The quantitative estimate of drug-likeness (QED) is 0.731. The summed E-state index contributed by atoms with van der Waals surface area (Å²) in [6.07, 6.45) is -0.363. The van der Waals surface area contributed by atoms with Crippen molar-refractivity contribution in [3.8, 4) is 0 Å². The summed E-state index contributed by atoms with van der Waals surface area (Å²) in [5.74, 6) is 0. The van der Waals surface area contributed by atoms with Gasteiger partial charge in [-0.3, -0.25) is 4.90 Å². The Bertz CT molecular complexity index is 245. The SMILES string of the molecule is FC(F)(F)CN1CCN(CCCNC2CC2)CC1. The van der Waals surface area contributed by atoms with Gasteiger partial charge < -0.3 is 10.2 Å². The maximum Gasteiger partial charge on any atom is 0.401 e. The Labute approximate surface area is 106 Å². The van der Waals surface area contributed by atoms with Gasteiger partial charge in [0, 0.05) is 32.2 Å². The molecule has 106 valence electrons. The molecule has 1 saturated heterocycles. The van der Waals surface area contributed by atoms with E-state index in [9.17, 15) is 13.2 Å². The zero-order valence-corrected chi connectivity index (χ0v) is 10.7. The van der Waals surface area contributed by atoms with Crippen molar-refractivity contribution in [1.82, 2.24) is 15.1 Å². The van der Waals surface area contributed by atoms with Gasteiger partial charge in [-0.2, -0.15) is 13.2 Å². The zero-order chi connectivity index (χ0) is 13.0. The minimum atomic E-state index is -4.06. The fraction of sp³-hybridized carbons (Fsp3) is 1.00. The molecule has 0 amide bonds. The van der Waals surface area contributed by atoms with Crippen LogP contribution in [0.1, 0.15) is 19.3 Å². The molecule has 0 bridgehead atoms. The molecule has 1 aliphatic heterocycles. The minimum Gasteiger partial charge on any atom is -0.314 e. The maximum absolute atomic E-state index is 12.2. The van der Waals surface area contributed by atoms with E-state index in [1.54, 1.807) is 0 Å². The number of rotatable bonds is 6. The van der Waals surface area contributed by atoms with Gasteiger partial charge in [0.2, 0.25) is 0 Å². The molecule has 0 radical (unpaired) electrons. The molecule has 1 heterocycles. The van der Waals surface area contributed by atoms with E-state index in [-0.39, 0.29) is 0 Å². The highest BCUT2D eigenvalue weighted by molar-refractivity contribution is 4.81. The molecule has 2 rings (SSSR count). The van der Waals surface area contributed by atoms with E-state index in [1.165, 1.54) is 17.7 Å². The third kappa shape index (κ3) is 5.54. The third-order valence-electron chi connectivity index (χ3n) is 3.53. The first-order valence-corrected chi connectivity index (χ1v) is 6.78. The lowest BCUT2D eigenvalue weighted by Crippen LogP contribution is -2.49. The third-order valence-corrected chi connectivity index (χ3v) is 3.53. The minimum absolute atomic E-state index is 0.537. The van der Waals surface area contributed by atoms with Gasteiger partial charge >= 0.3 is 6.18 Å². The van der Waals surface area contributed by atoms with E-state index in [0.717, 1.165) is 38.6 Å². The van der Waals surface area contributed by atoms with Crippen LogP contribution in [0.5, 0.6) is 0 Å². The molecule has 0 spiro atoms. The Hall–Kier alpha value is -0.330. The van der Waals surface area contributed by atoms with Crippen molar-refractivity contribution < 1.29 is 13.2 Å². The topological polar surface area (TPSA) is 18.5 Å². The fourth-order valence-electron chi connectivity index (χ4n) is 2.32. The first-order chi connectivity index (χ1) is 8.53. The lowest BCUT2D eigenvalue weighted by Gasteiger charge is -2.34. The molecule has 18 heavy (non-hydrogen) atoms. The van der Waals surface area contributed by atoms with Crippen LogP contribution in [0.2, 0.25) is 0 Å². The molecule has 6 heteroatoms. The van der Waals surface area contributed by atoms with E-state index in [1.807, 2.05) is 0 Å². The van der Waals surface area contributed by atoms with Crippen LogP contribution in [0.3, 0.4) is 0 Å². The van der Waals surface area contributed by atoms with Gasteiger partial charge in [0.05, 0.1) is 6.54 Å².